The highest BCUT2D eigenvalue weighted by atomic mass is 16.4. The van der Waals surface area contributed by atoms with Crippen molar-refractivity contribution in [2.24, 2.45) is 0 Å². The van der Waals surface area contributed by atoms with Crippen LogP contribution in [0.3, 0.4) is 0 Å². The topological polar surface area (TPSA) is 69.6 Å². The predicted molar refractivity (Wildman–Crippen MR) is 69.4 cm³/mol. The molecule has 1 heterocycles. The summed E-state index contributed by atoms with van der Waals surface area (Å²) in [5.41, 5.74) is 0.142. The monoisotopic (exact) mass is 256 g/mol. The van der Waals surface area contributed by atoms with E-state index in [4.69, 9.17) is 5.11 Å². The summed E-state index contributed by atoms with van der Waals surface area (Å²) in [6.45, 7) is 8.40. The molecule has 18 heavy (non-hydrogen) atoms. The van der Waals surface area contributed by atoms with Crippen LogP contribution in [0, 0.1) is 0 Å². The van der Waals surface area contributed by atoms with Gasteiger partial charge in [0.1, 0.15) is 0 Å². The third kappa shape index (κ3) is 5.04. The zero-order valence-corrected chi connectivity index (χ0v) is 11.5. The first-order chi connectivity index (χ1) is 8.29. The third-order valence-corrected chi connectivity index (χ3v) is 3.30. The van der Waals surface area contributed by atoms with Gasteiger partial charge in [-0.15, -0.1) is 0 Å². The molecule has 0 aromatic rings. The lowest BCUT2D eigenvalue weighted by molar-refractivity contribution is -0.137. The largest absolute Gasteiger partial charge is 0.481 e. The van der Waals surface area contributed by atoms with E-state index in [9.17, 15) is 9.59 Å². The van der Waals surface area contributed by atoms with Gasteiger partial charge in [-0.1, -0.05) is 0 Å². The van der Waals surface area contributed by atoms with E-state index in [1.807, 2.05) is 0 Å². The Labute approximate surface area is 109 Å². The molecule has 1 rings (SSSR count). The van der Waals surface area contributed by atoms with E-state index in [2.05, 4.69) is 31.0 Å². The Bertz CT molecular complexity index is 310. The number of hydrogen-bond donors (Lipinski definition) is 2. The van der Waals surface area contributed by atoms with Crippen molar-refractivity contribution in [3.63, 3.8) is 0 Å². The van der Waals surface area contributed by atoms with Gasteiger partial charge < -0.3 is 10.4 Å². The number of hydrogen-bond acceptors (Lipinski definition) is 3. The van der Waals surface area contributed by atoms with E-state index in [0.717, 1.165) is 19.5 Å². The predicted octanol–water partition coefficient (Wildman–Crippen LogP) is 1.23. The molecule has 104 valence electrons. The number of nitrogens with one attached hydrogen (secondary N) is 1. The van der Waals surface area contributed by atoms with Crippen LogP contribution < -0.4 is 5.32 Å². The number of nitrogens with zero attached hydrogens (tertiary/aromatic N) is 1. The van der Waals surface area contributed by atoms with Crippen LogP contribution in [0.5, 0.6) is 0 Å². The summed E-state index contributed by atoms with van der Waals surface area (Å²) in [5.74, 6) is -0.875. The van der Waals surface area contributed by atoms with Gasteiger partial charge in [0.15, 0.2) is 0 Å². The molecule has 5 heteroatoms. The maximum absolute atomic E-state index is 11.6. The molecule has 1 fully saturated rings. The van der Waals surface area contributed by atoms with Gasteiger partial charge >= 0.3 is 5.97 Å². The molecular weight excluding hydrogens is 232 g/mol. The van der Waals surface area contributed by atoms with Crippen molar-refractivity contribution in [3.05, 3.63) is 0 Å². The van der Waals surface area contributed by atoms with Gasteiger partial charge in [0.2, 0.25) is 5.91 Å². The smallest absolute Gasteiger partial charge is 0.303 e. The highest BCUT2D eigenvalue weighted by molar-refractivity contribution is 5.77. The Morgan fingerprint density at radius 2 is 2.00 bits per heavy atom. The maximum Gasteiger partial charge on any atom is 0.303 e. The summed E-state index contributed by atoms with van der Waals surface area (Å²) in [4.78, 5) is 24.3. The zero-order chi connectivity index (χ0) is 13.8. The maximum atomic E-state index is 11.6. The standard InChI is InChI=1S/C13H24N2O3/c1-13(2,3)15-8-7-10(9-15)14-11(16)5-4-6-12(17)18/h10H,4-9H2,1-3H3,(H,14,16)(H,17,18)/t10-/m0/s1. The van der Waals surface area contributed by atoms with Crippen LogP contribution in [0.25, 0.3) is 0 Å². The van der Waals surface area contributed by atoms with Gasteiger partial charge in [0.05, 0.1) is 0 Å². The molecule has 1 saturated heterocycles. The molecule has 0 aromatic heterocycles. The summed E-state index contributed by atoms with van der Waals surface area (Å²) >= 11 is 0. The Hall–Kier alpha value is -1.10. The number of carbonyl (C=O) groups excluding carboxylic acids is 1. The molecule has 1 aliphatic rings. The lowest BCUT2D eigenvalue weighted by Crippen LogP contribution is -2.43. The fourth-order valence-electron chi connectivity index (χ4n) is 2.19. The van der Waals surface area contributed by atoms with Gasteiger partial charge in [0, 0.05) is 37.5 Å². The van der Waals surface area contributed by atoms with E-state index in [0.29, 0.717) is 12.8 Å². The number of carbonyl (C=O) groups is 2. The van der Waals surface area contributed by atoms with E-state index in [1.165, 1.54) is 0 Å². The second-order valence-electron chi connectivity index (χ2n) is 5.92. The van der Waals surface area contributed by atoms with Gasteiger partial charge in [-0.3, -0.25) is 14.5 Å². The fraction of sp³-hybridized carbons (Fsp3) is 0.846. The van der Waals surface area contributed by atoms with E-state index in [1.54, 1.807) is 0 Å². The molecule has 5 nitrogen and oxygen atoms in total. The molecule has 0 aromatic carbocycles. The number of aliphatic carboxylic acids is 1. The Kier molecular flexibility index (Phi) is 5.14. The second-order valence-corrected chi connectivity index (χ2v) is 5.92. The van der Waals surface area contributed by atoms with Crippen LogP contribution in [-0.2, 0) is 9.59 Å². The van der Waals surface area contributed by atoms with Crippen molar-refractivity contribution in [2.45, 2.75) is 58.0 Å². The first kappa shape index (κ1) is 15.0. The van der Waals surface area contributed by atoms with Crippen LogP contribution in [0.4, 0.5) is 0 Å². The average molecular weight is 256 g/mol. The first-order valence-electron chi connectivity index (χ1n) is 6.55. The minimum absolute atomic E-state index is 0.0305. The van der Waals surface area contributed by atoms with Crippen LogP contribution >= 0.6 is 0 Å². The average Bonchev–Trinajstić information content (AvgIpc) is 2.64. The second kappa shape index (κ2) is 6.18. The Balaban J connectivity index is 2.24. The van der Waals surface area contributed by atoms with E-state index >= 15 is 0 Å². The van der Waals surface area contributed by atoms with Crippen LogP contribution in [0.2, 0.25) is 0 Å². The SMILES string of the molecule is CC(C)(C)N1CC[C@H](NC(=O)CCCC(=O)O)C1. The lowest BCUT2D eigenvalue weighted by Gasteiger charge is -2.31. The quantitative estimate of drug-likeness (QED) is 0.776. The molecule has 0 unspecified atom stereocenters. The van der Waals surface area contributed by atoms with Crippen LogP contribution in [0.15, 0.2) is 0 Å². The highest BCUT2D eigenvalue weighted by Gasteiger charge is 2.30. The van der Waals surface area contributed by atoms with E-state index in [-0.39, 0.29) is 23.9 Å². The molecule has 0 radical (unpaired) electrons. The third-order valence-electron chi connectivity index (χ3n) is 3.30. The zero-order valence-electron chi connectivity index (χ0n) is 11.5. The summed E-state index contributed by atoms with van der Waals surface area (Å²) in [6.07, 6.45) is 1.75. The molecule has 2 N–H and O–H groups in total. The lowest BCUT2D eigenvalue weighted by atomic mass is 10.1. The fourth-order valence-corrected chi connectivity index (χ4v) is 2.19. The number of rotatable bonds is 5. The first-order valence-corrected chi connectivity index (χ1v) is 6.55. The molecule has 0 bridgehead atoms. The van der Waals surface area contributed by atoms with Gasteiger partial charge in [-0.2, -0.15) is 0 Å². The van der Waals surface area contributed by atoms with E-state index < -0.39 is 5.97 Å². The van der Waals surface area contributed by atoms with Crippen molar-refractivity contribution in [1.82, 2.24) is 10.2 Å². The van der Waals surface area contributed by atoms with Crippen molar-refractivity contribution in [2.75, 3.05) is 13.1 Å². The number of amides is 1. The van der Waals surface area contributed by atoms with Gasteiger partial charge in [-0.25, -0.2) is 0 Å². The normalized spacial score (nSPS) is 20.9. The summed E-state index contributed by atoms with van der Waals surface area (Å²) in [6, 6.07) is 0.210. The van der Waals surface area contributed by atoms with Crippen molar-refractivity contribution in [1.29, 1.82) is 0 Å². The van der Waals surface area contributed by atoms with Crippen LogP contribution in [-0.4, -0.2) is 46.6 Å². The Morgan fingerprint density at radius 1 is 1.33 bits per heavy atom. The number of likely N-dealkylation sites (tertiary alicyclic amines) is 1. The minimum atomic E-state index is -0.845. The molecule has 0 spiro atoms. The molecule has 1 atom stereocenters. The molecular formula is C13H24N2O3. The molecule has 1 aliphatic heterocycles. The summed E-state index contributed by atoms with van der Waals surface area (Å²) in [5, 5.41) is 11.5. The molecule has 0 aliphatic carbocycles. The summed E-state index contributed by atoms with van der Waals surface area (Å²) < 4.78 is 0. The highest BCUT2D eigenvalue weighted by Crippen LogP contribution is 2.20. The minimum Gasteiger partial charge on any atom is -0.481 e. The summed E-state index contributed by atoms with van der Waals surface area (Å²) in [7, 11) is 0. The molecule has 0 saturated carbocycles. The van der Waals surface area contributed by atoms with Gasteiger partial charge in [-0.05, 0) is 33.6 Å². The van der Waals surface area contributed by atoms with Crippen molar-refractivity contribution in [3.8, 4) is 0 Å². The van der Waals surface area contributed by atoms with Crippen molar-refractivity contribution >= 4 is 11.9 Å². The van der Waals surface area contributed by atoms with Crippen molar-refractivity contribution < 1.29 is 14.7 Å². The number of carboxylic acid groups (broad SMARTS) is 1. The number of carboxylic acids is 1. The Morgan fingerprint density at radius 3 is 2.50 bits per heavy atom. The molecule has 1 amide bonds. The van der Waals surface area contributed by atoms with Gasteiger partial charge in [0.25, 0.3) is 0 Å². The van der Waals surface area contributed by atoms with Crippen LogP contribution in [0.1, 0.15) is 46.5 Å².